The molecular formula is C22H25BrO6. The van der Waals surface area contributed by atoms with Crippen LogP contribution in [0.5, 0.6) is 0 Å². The number of aliphatic hydroxyl groups is 4. The molecule has 0 aromatic heterocycles. The van der Waals surface area contributed by atoms with E-state index in [1.54, 1.807) is 6.07 Å². The van der Waals surface area contributed by atoms with Crippen LogP contribution in [0.25, 0.3) is 0 Å². The summed E-state index contributed by atoms with van der Waals surface area (Å²) in [5.74, 6) is -2.07. The fourth-order valence-electron chi connectivity index (χ4n) is 3.51. The zero-order chi connectivity index (χ0) is 21.2. The van der Waals surface area contributed by atoms with E-state index in [-0.39, 0.29) is 5.76 Å². The van der Waals surface area contributed by atoms with Crippen LogP contribution in [-0.2, 0) is 28.1 Å². The molecule has 1 aliphatic rings. The van der Waals surface area contributed by atoms with Gasteiger partial charge in [-0.1, -0.05) is 53.2 Å². The third-order valence-corrected chi connectivity index (χ3v) is 6.08. The Morgan fingerprint density at radius 1 is 1.10 bits per heavy atom. The van der Waals surface area contributed by atoms with Gasteiger partial charge in [0.15, 0.2) is 11.9 Å². The van der Waals surface area contributed by atoms with Crippen molar-refractivity contribution in [1.29, 1.82) is 0 Å². The molecule has 156 valence electrons. The average molecular weight is 465 g/mol. The molecule has 0 unspecified atom stereocenters. The molecule has 0 amide bonds. The number of hydrogen-bond donors (Lipinski definition) is 4. The van der Waals surface area contributed by atoms with Gasteiger partial charge in [0.25, 0.3) is 5.79 Å². The van der Waals surface area contributed by atoms with Gasteiger partial charge in [-0.3, -0.25) is 0 Å². The lowest BCUT2D eigenvalue weighted by Crippen LogP contribution is -2.59. The van der Waals surface area contributed by atoms with E-state index < -0.39 is 24.1 Å². The second-order valence-corrected chi connectivity index (χ2v) is 7.89. The van der Waals surface area contributed by atoms with E-state index in [9.17, 15) is 20.4 Å². The monoisotopic (exact) mass is 464 g/mol. The first-order valence-electron chi connectivity index (χ1n) is 9.35. The maximum atomic E-state index is 10.7. The summed E-state index contributed by atoms with van der Waals surface area (Å²) < 4.78 is 12.0. The van der Waals surface area contributed by atoms with Crippen molar-refractivity contribution < 1.29 is 29.9 Å². The third kappa shape index (κ3) is 4.06. The van der Waals surface area contributed by atoms with Crippen LogP contribution in [-0.4, -0.2) is 45.8 Å². The SMILES string of the molecule is CCc1ccc(Cc2cc([C@]3(OC)O/C(=C/O)[C@@H](O)[C@H](O)[C@H]3O)ccc2Br)cc1. The lowest BCUT2D eigenvalue weighted by atomic mass is 9.88. The van der Waals surface area contributed by atoms with Crippen LogP contribution >= 0.6 is 15.9 Å². The van der Waals surface area contributed by atoms with E-state index in [2.05, 4.69) is 47.1 Å². The lowest BCUT2D eigenvalue weighted by molar-refractivity contribution is -0.317. The first-order chi connectivity index (χ1) is 13.9. The van der Waals surface area contributed by atoms with E-state index in [0.29, 0.717) is 18.2 Å². The minimum atomic E-state index is -1.78. The van der Waals surface area contributed by atoms with Crippen LogP contribution in [0.3, 0.4) is 0 Å². The molecule has 0 saturated carbocycles. The van der Waals surface area contributed by atoms with Crippen LogP contribution < -0.4 is 0 Å². The van der Waals surface area contributed by atoms with Crippen molar-refractivity contribution >= 4 is 15.9 Å². The highest BCUT2D eigenvalue weighted by molar-refractivity contribution is 9.10. The van der Waals surface area contributed by atoms with Gasteiger partial charge in [-0.2, -0.15) is 0 Å². The fourth-order valence-corrected chi connectivity index (χ4v) is 3.90. The molecule has 4 atom stereocenters. The second-order valence-electron chi connectivity index (χ2n) is 7.04. The van der Waals surface area contributed by atoms with Crippen molar-refractivity contribution in [3.05, 3.63) is 81.2 Å². The minimum Gasteiger partial charge on any atom is -0.512 e. The number of hydrogen-bond acceptors (Lipinski definition) is 6. The molecule has 0 aliphatic carbocycles. The van der Waals surface area contributed by atoms with E-state index in [0.717, 1.165) is 22.0 Å². The summed E-state index contributed by atoms with van der Waals surface area (Å²) in [7, 11) is 1.33. The smallest absolute Gasteiger partial charge is 0.265 e. The van der Waals surface area contributed by atoms with Crippen molar-refractivity contribution in [2.24, 2.45) is 0 Å². The van der Waals surface area contributed by atoms with Gasteiger partial charge in [0.1, 0.15) is 18.5 Å². The summed E-state index contributed by atoms with van der Waals surface area (Å²) in [5, 5.41) is 40.3. The number of aryl methyl sites for hydroxylation is 1. The summed E-state index contributed by atoms with van der Waals surface area (Å²) >= 11 is 3.56. The Labute approximate surface area is 178 Å². The first kappa shape index (κ1) is 21.8. The van der Waals surface area contributed by atoms with Gasteiger partial charge in [0.05, 0.1) is 0 Å². The molecule has 4 N–H and O–H groups in total. The van der Waals surface area contributed by atoms with Gasteiger partial charge < -0.3 is 29.9 Å². The normalized spacial score (nSPS) is 28.3. The highest BCUT2D eigenvalue weighted by Crippen LogP contribution is 2.41. The number of halogens is 1. The molecule has 2 aromatic rings. The molecule has 3 rings (SSSR count). The highest BCUT2D eigenvalue weighted by atomic mass is 79.9. The molecule has 1 fully saturated rings. The predicted molar refractivity (Wildman–Crippen MR) is 111 cm³/mol. The van der Waals surface area contributed by atoms with Crippen LogP contribution in [0.1, 0.15) is 29.2 Å². The quantitative estimate of drug-likeness (QED) is 0.507. The van der Waals surface area contributed by atoms with E-state index in [1.165, 1.54) is 12.7 Å². The third-order valence-electron chi connectivity index (χ3n) is 5.30. The van der Waals surface area contributed by atoms with Crippen molar-refractivity contribution in [3.8, 4) is 0 Å². The Bertz CT molecular complexity index is 881. The van der Waals surface area contributed by atoms with Crippen LogP contribution in [0, 0.1) is 0 Å². The zero-order valence-electron chi connectivity index (χ0n) is 16.2. The Hall–Kier alpha value is -1.90. The van der Waals surface area contributed by atoms with Crippen molar-refractivity contribution in [2.75, 3.05) is 7.11 Å². The molecule has 0 spiro atoms. The molecule has 1 heterocycles. The predicted octanol–water partition coefficient (Wildman–Crippen LogP) is 2.91. The van der Waals surface area contributed by atoms with Gasteiger partial charge in [-0.05, 0) is 41.7 Å². The van der Waals surface area contributed by atoms with Crippen LogP contribution in [0.15, 0.2) is 59.0 Å². The average Bonchev–Trinajstić information content (AvgIpc) is 2.75. The maximum absolute atomic E-state index is 10.7. The zero-order valence-corrected chi connectivity index (χ0v) is 17.8. The summed E-state index contributed by atoms with van der Waals surface area (Å²) in [6.07, 6.45) is -2.59. The van der Waals surface area contributed by atoms with E-state index >= 15 is 0 Å². The molecule has 2 aromatic carbocycles. The minimum absolute atomic E-state index is 0.288. The largest absolute Gasteiger partial charge is 0.512 e. The summed E-state index contributed by atoms with van der Waals surface area (Å²) in [5.41, 5.74) is 3.74. The van der Waals surface area contributed by atoms with Gasteiger partial charge in [0, 0.05) is 17.1 Å². The first-order valence-corrected chi connectivity index (χ1v) is 10.1. The molecule has 0 radical (unpaired) electrons. The lowest BCUT2D eigenvalue weighted by Gasteiger charge is -2.45. The number of benzene rings is 2. The summed E-state index contributed by atoms with van der Waals surface area (Å²) in [4.78, 5) is 0. The van der Waals surface area contributed by atoms with Gasteiger partial charge in [-0.25, -0.2) is 0 Å². The number of methoxy groups -OCH3 is 1. The molecule has 1 aliphatic heterocycles. The van der Waals surface area contributed by atoms with Gasteiger partial charge in [-0.15, -0.1) is 0 Å². The number of aliphatic hydroxyl groups excluding tert-OH is 4. The standard InChI is InChI=1S/C22H25BrO6/c1-3-13-4-6-14(7-5-13)10-15-11-16(8-9-17(15)23)22(28-2)21(27)20(26)19(25)18(12-24)29-22/h4-9,11-12,19-21,24-27H,3,10H2,1-2H3/b18-12+/t19-,20+,21-,22+/m1/s1. The van der Waals surface area contributed by atoms with Crippen molar-refractivity contribution in [2.45, 2.75) is 43.9 Å². The van der Waals surface area contributed by atoms with Crippen LogP contribution in [0.2, 0.25) is 0 Å². The van der Waals surface area contributed by atoms with E-state index in [4.69, 9.17) is 9.47 Å². The Morgan fingerprint density at radius 3 is 2.34 bits per heavy atom. The molecule has 0 bridgehead atoms. The van der Waals surface area contributed by atoms with E-state index in [1.807, 2.05) is 12.1 Å². The fraction of sp³-hybridized carbons (Fsp3) is 0.364. The van der Waals surface area contributed by atoms with Crippen LogP contribution in [0.4, 0.5) is 0 Å². The second kappa shape index (κ2) is 8.85. The molecule has 29 heavy (non-hydrogen) atoms. The summed E-state index contributed by atoms with van der Waals surface area (Å²) in [6, 6.07) is 13.6. The Balaban J connectivity index is 1.99. The number of rotatable bonds is 5. The highest BCUT2D eigenvalue weighted by Gasteiger charge is 2.54. The van der Waals surface area contributed by atoms with Gasteiger partial charge in [0.2, 0.25) is 0 Å². The Kier molecular flexibility index (Phi) is 6.65. The number of ether oxygens (including phenoxy) is 2. The summed E-state index contributed by atoms with van der Waals surface area (Å²) in [6.45, 7) is 2.11. The van der Waals surface area contributed by atoms with Crippen molar-refractivity contribution in [3.63, 3.8) is 0 Å². The molecular weight excluding hydrogens is 440 g/mol. The Morgan fingerprint density at radius 2 is 1.76 bits per heavy atom. The van der Waals surface area contributed by atoms with Crippen molar-refractivity contribution in [1.82, 2.24) is 0 Å². The maximum Gasteiger partial charge on any atom is 0.265 e. The topological polar surface area (TPSA) is 99.4 Å². The molecule has 6 nitrogen and oxygen atoms in total. The molecule has 7 heteroatoms. The van der Waals surface area contributed by atoms with Gasteiger partial charge >= 0.3 is 0 Å². The molecule has 1 saturated heterocycles.